The zero-order valence-electron chi connectivity index (χ0n) is 9.78. The maximum Gasteiger partial charge on any atom is 0.291 e. The summed E-state index contributed by atoms with van der Waals surface area (Å²) < 4.78 is 0. The second-order valence-corrected chi connectivity index (χ2v) is 4.47. The Bertz CT molecular complexity index is 517. The summed E-state index contributed by atoms with van der Waals surface area (Å²) >= 11 is 1.63. The second kappa shape index (κ2) is 5.09. The van der Waals surface area contributed by atoms with Gasteiger partial charge in [0.15, 0.2) is 0 Å². The Balaban J connectivity index is 1.95. The molecule has 0 radical (unpaired) electrons. The standard InChI is InChI=1S/C11H14N4OS/c1-3-9-13-10(15-14-9)11(16)12-4-8-6-17-5-7(8)2/h5-6H,3-4H2,1-2H3,(H,12,16)(H,13,14,15). The Morgan fingerprint density at radius 2 is 2.35 bits per heavy atom. The molecule has 0 bridgehead atoms. The molecule has 0 atom stereocenters. The van der Waals surface area contributed by atoms with Gasteiger partial charge in [-0.3, -0.25) is 9.89 Å². The summed E-state index contributed by atoms with van der Waals surface area (Å²) in [5.41, 5.74) is 2.33. The molecule has 2 rings (SSSR count). The molecule has 90 valence electrons. The van der Waals surface area contributed by atoms with Crippen molar-refractivity contribution in [3.8, 4) is 0 Å². The number of H-pyrrole nitrogens is 1. The van der Waals surface area contributed by atoms with Crippen molar-refractivity contribution in [3.63, 3.8) is 0 Å². The van der Waals surface area contributed by atoms with Crippen LogP contribution in [0, 0.1) is 6.92 Å². The summed E-state index contributed by atoms with van der Waals surface area (Å²) in [6.45, 7) is 4.50. The van der Waals surface area contributed by atoms with Gasteiger partial charge in [-0.25, -0.2) is 4.98 Å². The maximum absolute atomic E-state index is 11.7. The minimum absolute atomic E-state index is 0.203. The molecule has 0 aliphatic carbocycles. The van der Waals surface area contributed by atoms with Crippen molar-refractivity contribution >= 4 is 17.2 Å². The molecule has 2 aromatic heterocycles. The van der Waals surface area contributed by atoms with Gasteiger partial charge in [0.05, 0.1) is 0 Å². The highest BCUT2D eigenvalue weighted by molar-refractivity contribution is 7.08. The van der Waals surface area contributed by atoms with Gasteiger partial charge in [0.2, 0.25) is 5.82 Å². The third-order valence-electron chi connectivity index (χ3n) is 2.47. The number of nitrogens with zero attached hydrogens (tertiary/aromatic N) is 2. The Kier molecular flexibility index (Phi) is 3.53. The van der Waals surface area contributed by atoms with E-state index >= 15 is 0 Å². The lowest BCUT2D eigenvalue weighted by Crippen LogP contribution is -2.24. The number of hydrogen-bond donors (Lipinski definition) is 2. The van der Waals surface area contributed by atoms with Crippen molar-refractivity contribution in [2.75, 3.05) is 0 Å². The molecule has 0 unspecified atom stereocenters. The van der Waals surface area contributed by atoms with Crippen LogP contribution in [-0.4, -0.2) is 21.1 Å². The van der Waals surface area contributed by atoms with E-state index in [9.17, 15) is 4.79 Å². The van der Waals surface area contributed by atoms with E-state index in [4.69, 9.17) is 0 Å². The number of nitrogens with one attached hydrogen (secondary N) is 2. The monoisotopic (exact) mass is 250 g/mol. The Morgan fingerprint density at radius 1 is 1.53 bits per heavy atom. The Labute approximate surface area is 103 Å². The number of rotatable bonds is 4. The lowest BCUT2D eigenvalue weighted by atomic mass is 10.2. The molecular weight excluding hydrogens is 236 g/mol. The Morgan fingerprint density at radius 3 is 2.94 bits per heavy atom. The molecule has 0 aromatic carbocycles. The zero-order valence-corrected chi connectivity index (χ0v) is 10.6. The van der Waals surface area contributed by atoms with Crippen LogP contribution in [0.25, 0.3) is 0 Å². The quantitative estimate of drug-likeness (QED) is 0.867. The molecule has 2 heterocycles. The fourth-order valence-electron chi connectivity index (χ4n) is 1.38. The molecule has 17 heavy (non-hydrogen) atoms. The highest BCUT2D eigenvalue weighted by Gasteiger charge is 2.11. The van der Waals surface area contributed by atoms with Crippen LogP contribution in [0.4, 0.5) is 0 Å². The molecule has 1 amide bonds. The first-order valence-corrected chi connectivity index (χ1v) is 6.36. The average Bonchev–Trinajstić information content (AvgIpc) is 2.94. The van der Waals surface area contributed by atoms with Crippen molar-refractivity contribution in [1.29, 1.82) is 0 Å². The Hall–Kier alpha value is -1.69. The maximum atomic E-state index is 11.7. The van der Waals surface area contributed by atoms with Crippen molar-refractivity contribution in [1.82, 2.24) is 20.5 Å². The summed E-state index contributed by atoms with van der Waals surface area (Å²) in [7, 11) is 0. The van der Waals surface area contributed by atoms with E-state index in [2.05, 4.69) is 25.9 Å². The van der Waals surface area contributed by atoms with Crippen LogP contribution < -0.4 is 5.32 Å². The van der Waals surface area contributed by atoms with Crippen LogP contribution >= 0.6 is 11.3 Å². The third kappa shape index (κ3) is 2.71. The summed E-state index contributed by atoms with van der Waals surface area (Å²) in [4.78, 5) is 15.8. The molecule has 0 spiro atoms. The molecule has 6 heteroatoms. The predicted octanol–water partition coefficient (Wildman–Crippen LogP) is 1.67. The average molecular weight is 250 g/mol. The number of aromatic nitrogens is 3. The van der Waals surface area contributed by atoms with Gasteiger partial charge in [0, 0.05) is 13.0 Å². The van der Waals surface area contributed by atoms with Gasteiger partial charge >= 0.3 is 0 Å². The highest BCUT2D eigenvalue weighted by Crippen LogP contribution is 2.13. The van der Waals surface area contributed by atoms with Gasteiger partial charge in [-0.05, 0) is 28.8 Å². The van der Waals surface area contributed by atoms with Crippen molar-refractivity contribution in [2.45, 2.75) is 26.8 Å². The van der Waals surface area contributed by atoms with Gasteiger partial charge in [-0.1, -0.05) is 6.92 Å². The van der Waals surface area contributed by atoms with E-state index in [0.717, 1.165) is 17.8 Å². The minimum Gasteiger partial charge on any atom is -0.345 e. The molecule has 5 nitrogen and oxygen atoms in total. The number of amides is 1. The minimum atomic E-state index is -0.244. The van der Waals surface area contributed by atoms with Crippen molar-refractivity contribution in [3.05, 3.63) is 33.5 Å². The van der Waals surface area contributed by atoms with Gasteiger partial charge < -0.3 is 5.32 Å². The molecule has 2 aromatic rings. The first-order chi connectivity index (χ1) is 8.20. The number of carbonyl (C=O) groups excluding carboxylic acids is 1. The predicted molar refractivity (Wildman–Crippen MR) is 66.0 cm³/mol. The number of carbonyl (C=O) groups is 1. The van der Waals surface area contributed by atoms with E-state index in [1.165, 1.54) is 5.56 Å². The first-order valence-electron chi connectivity index (χ1n) is 5.42. The fourth-order valence-corrected chi connectivity index (χ4v) is 2.23. The molecule has 0 aliphatic rings. The van der Waals surface area contributed by atoms with E-state index in [1.54, 1.807) is 11.3 Å². The topological polar surface area (TPSA) is 70.7 Å². The molecule has 0 saturated carbocycles. The normalized spacial score (nSPS) is 10.5. The van der Waals surface area contributed by atoms with Crippen molar-refractivity contribution < 1.29 is 4.79 Å². The SMILES string of the molecule is CCc1nc(C(=O)NCc2cscc2C)n[nH]1. The first kappa shape index (κ1) is 11.8. The number of thiophene rings is 1. The summed E-state index contributed by atoms with van der Waals surface area (Å²) in [6, 6.07) is 0. The van der Waals surface area contributed by atoms with Crippen LogP contribution in [0.2, 0.25) is 0 Å². The van der Waals surface area contributed by atoms with Gasteiger partial charge in [0.1, 0.15) is 5.82 Å². The van der Waals surface area contributed by atoms with Gasteiger partial charge in [0.25, 0.3) is 5.91 Å². The van der Waals surface area contributed by atoms with Crippen LogP contribution in [0.15, 0.2) is 10.8 Å². The molecule has 0 fully saturated rings. The number of hydrogen-bond acceptors (Lipinski definition) is 4. The second-order valence-electron chi connectivity index (χ2n) is 3.72. The molecule has 2 N–H and O–H groups in total. The number of aromatic amines is 1. The molecular formula is C11H14N4OS. The number of aryl methyl sites for hydroxylation is 2. The molecule has 0 saturated heterocycles. The third-order valence-corrected chi connectivity index (χ3v) is 3.38. The summed E-state index contributed by atoms with van der Waals surface area (Å²) in [5, 5.41) is 13.5. The van der Waals surface area contributed by atoms with E-state index in [-0.39, 0.29) is 11.7 Å². The summed E-state index contributed by atoms with van der Waals surface area (Å²) in [5.74, 6) is 0.683. The summed E-state index contributed by atoms with van der Waals surface area (Å²) in [6.07, 6.45) is 0.740. The van der Waals surface area contributed by atoms with E-state index in [1.807, 2.05) is 19.2 Å². The van der Waals surface area contributed by atoms with E-state index in [0.29, 0.717) is 6.54 Å². The fraction of sp³-hybridized carbons (Fsp3) is 0.364. The van der Waals surface area contributed by atoms with Crippen LogP contribution in [0.1, 0.15) is 34.5 Å². The van der Waals surface area contributed by atoms with Crippen LogP contribution in [-0.2, 0) is 13.0 Å². The van der Waals surface area contributed by atoms with Gasteiger partial charge in [-0.2, -0.15) is 11.3 Å². The lowest BCUT2D eigenvalue weighted by Gasteiger charge is -2.01. The van der Waals surface area contributed by atoms with Crippen LogP contribution in [0.3, 0.4) is 0 Å². The van der Waals surface area contributed by atoms with Crippen molar-refractivity contribution in [2.24, 2.45) is 0 Å². The van der Waals surface area contributed by atoms with Crippen LogP contribution in [0.5, 0.6) is 0 Å². The molecule has 0 aliphatic heterocycles. The largest absolute Gasteiger partial charge is 0.345 e. The lowest BCUT2D eigenvalue weighted by molar-refractivity contribution is 0.0941. The zero-order chi connectivity index (χ0) is 12.3. The smallest absolute Gasteiger partial charge is 0.291 e. The van der Waals surface area contributed by atoms with Gasteiger partial charge in [-0.15, -0.1) is 5.10 Å². The highest BCUT2D eigenvalue weighted by atomic mass is 32.1. The van der Waals surface area contributed by atoms with E-state index < -0.39 is 0 Å².